The molecule has 1 aliphatic heterocycles. The number of benzene rings is 1. The third kappa shape index (κ3) is 2.96. The molecule has 4 nitrogen and oxygen atoms in total. The first kappa shape index (κ1) is 14.0. The zero-order valence-electron chi connectivity index (χ0n) is 12.0. The predicted octanol–water partition coefficient (Wildman–Crippen LogP) is 1.36. The van der Waals surface area contributed by atoms with Gasteiger partial charge < -0.3 is 10.6 Å². The van der Waals surface area contributed by atoms with E-state index in [1.54, 1.807) is 6.92 Å². The normalized spacial score (nSPS) is 24.5. The van der Waals surface area contributed by atoms with Crippen LogP contribution in [0.3, 0.4) is 0 Å². The van der Waals surface area contributed by atoms with Gasteiger partial charge in [-0.2, -0.15) is 0 Å². The summed E-state index contributed by atoms with van der Waals surface area (Å²) in [4.78, 5) is 16.2. The lowest BCUT2D eigenvalue weighted by Gasteiger charge is -2.44. The Balaban J connectivity index is 2.24. The molecule has 1 aromatic carbocycles. The molecule has 104 valence electrons. The van der Waals surface area contributed by atoms with Crippen molar-refractivity contribution in [2.45, 2.75) is 25.9 Å². The van der Waals surface area contributed by atoms with Gasteiger partial charge in [-0.3, -0.25) is 9.69 Å². The molecule has 1 aliphatic rings. The number of rotatable bonds is 3. The average molecular weight is 261 g/mol. The summed E-state index contributed by atoms with van der Waals surface area (Å²) < 4.78 is 0. The third-order valence-electron chi connectivity index (χ3n) is 3.97. The minimum absolute atomic E-state index is 0.110. The average Bonchev–Trinajstić information content (AvgIpc) is 2.39. The number of hydrogen-bond donors (Lipinski definition) is 1. The van der Waals surface area contributed by atoms with Crippen molar-refractivity contribution in [2.24, 2.45) is 5.73 Å². The molecule has 1 aromatic rings. The van der Waals surface area contributed by atoms with E-state index in [0.717, 1.165) is 24.3 Å². The number of Topliss-reactive ketones (excluding diaryl/α,β-unsaturated/α-hetero) is 1. The fourth-order valence-corrected chi connectivity index (χ4v) is 2.73. The molecule has 2 atom stereocenters. The molecule has 1 heterocycles. The Hall–Kier alpha value is -1.39. The van der Waals surface area contributed by atoms with Crippen molar-refractivity contribution in [2.75, 3.05) is 31.6 Å². The molecule has 4 heteroatoms. The summed E-state index contributed by atoms with van der Waals surface area (Å²) in [6.45, 7) is 6.38. The van der Waals surface area contributed by atoms with Crippen LogP contribution < -0.4 is 10.6 Å². The molecule has 0 radical (unpaired) electrons. The Bertz CT molecular complexity index is 460. The highest BCUT2D eigenvalue weighted by Crippen LogP contribution is 2.23. The Morgan fingerprint density at radius 1 is 1.42 bits per heavy atom. The Morgan fingerprint density at radius 3 is 2.79 bits per heavy atom. The monoisotopic (exact) mass is 261 g/mol. The predicted molar refractivity (Wildman–Crippen MR) is 78.7 cm³/mol. The highest BCUT2D eigenvalue weighted by Gasteiger charge is 2.28. The second-order valence-electron chi connectivity index (χ2n) is 5.44. The van der Waals surface area contributed by atoms with Crippen molar-refractivity contribution in [3.63, 3.8) is 0 Å². The summed E-state index contributed by atoms with van der Waals surface area (Å²) in [5.74, 6) is 0.110. The van der Waals surface area contributed by atoms with Crippen molar-refractivity contribution in [1.82, 2.24) is 4.90 Å². The highest BCUT2D eigenvalue weighted by molar-refractivity contribution is 5.95. The van der Waals surface area contributed by atoms with E-state index < -0.39 is 0 Å². The van der Waals surface area contributed by atoms with Crippen LogP contribution in [0.1, 0.15) is 24.2 Å². The van der Waals surface area contributed by atoms with E-state index in [1.807, 2.05) is 18.2 Å². The van der Waals surface area contributed by atoms with Gasteiger partial charge in [-0.05, 0) is 33.0 Å². The van der Waals surface area contributed by atoms with Crippen LogP contribution in [0.5, 0.6) is 0 Å². The summed E-state index contributed by atoms with van der Waals surface area (Å²) >= 11 is 0. The Kier molecular flexibility index (Phi) is 4.22. The van der Waals surface area contributed by atoms with E-state index in [2.05, 4.69) is 29.8 Å². The molecule has 0 aliphatic carbocycles. The maximum atomic E-state index is 11.5. The van der Waals surface area contributed by atoms with Gasteiger partial charge in [0.15, 0.2) is 5.78 Å². The highest BCUT2D eigenvalue weighted by atomic mass is 16.1. The first-order valence-corrected chi connectivity index (χ1v) is 6.81. The quantitative estimate of drug-likeness (QED) is 0.835. The van der Waals surface area contributed by atoms with Crippen LogP contribution in [-0.2, 0) is 0 Å². The molecule has 2 N–H and O–H groups in total. The standard InChI is InChI=1S/C15H23N3O/c1-11-9-17(3)15(8-16)10-18(11)14-6-4-5-13(7-14)12(2)19/h4-7,11,15H,8-10,16H2,1-3H3. The third-order valence-corrected chi connectivity index (χ3v) is 3.97. The smallest absolute Gasteiger partial charge is 0.159 e. The van der Waals surface area contributed by atoms with E-state index in [4.69, 9.17) is 5.73 Å². The van der Waals surface area contributed by atoms with E-state index in [1.165, 1.54) is 0 Å². The summed E-state index contributed by atoms with van der Waals surface area (Å²) in [5, 5.41) is 0. The second-order valence-corrected chi connectivity index (χ2v) is 5.44. The maximum absolute atomic E-state index is 11.5. The SMILES string of the molecule is CC(=O)c1cccc(N2CC(CN)N(C)CC2C)c1. The molecule has 0 amide bonds. The van der Waals surface area contributed by atoms with Crippen molar-refractivity contribution < 1.29 is 4.79 Å². The van der Waals surface area contributed by atoms with Gasteiger partial charge >= 0.3 is 0 Å². The molecule has 2 rings (SSSR count). The van der Waals surface area contributed by atoms with Crippen LogP contribution in [0.2, 0.25) is 0 Å². The van der Waals surface area contributed by atoms with Gasteiger partial charge in [0, 0.05) is 43.0 Å². The van der Waals surface area contributed by atoms with Crippen molar-refractivity contribution in [1.29, 1.82) is 0 Å². The van der Waals surface area contributed by atoms with Crippen LogP contribution in [-0.4, -0.2) is 49.4 Å². The number of carbonyl (C=O) groups is 1. The molecule has 0 bridgehead atoms. The molecule has 0 saturated carbocycles. The fraction of sp³-hybridized carbons (Fsp3) is 0.533. The van der Waals surface area contributed by atoms with Gasteiger partial charge in [0.1, 0.15) is 0 Å². The number of hydrogen-bond acceptors (Lipinski definition) is 4. The van der Waals surface area contributed by atoms with Crippen LogP contribution in [0.15, 0.2) is 24.3 Å². The fourth-order valence-electron chi connectivity index (χ4n) is 2.73. The minimum atomic E-state index is 0.110. The number of likely N-dealkylation sites (N-methyl/N-ethyl adjacent to an activating group) is 1. The molecule has 0 aromatic heterocycles. The molecule has 1 fully saturated rings. The maximum Gasteiger partial charge on any atom is 0.159 e. The minimum Gasteiger partial charge on any atom is -0.366 e. The second kappa shape index (κ2) is 5.72. The summed E-state index contributed by atoms with van der Waals surface area (Å²) in [6, 6.07) is 8.67. The van der Waals surface area contributed by atoms with Crippen LogP contribution in [0, 0.1) is 0 Å². The molecular weight excluding hydrogens is 238 g/mol. The first-order chi connectivity index (χ1) is 9.02. The number of nitrogens with zero attached hydrogens (tertiary/aromatic N) is 2. The molecule has 0 spiro atoms. The zero-order chi connectivity index (χ0) is 14.0. The summed E-state index contributed by atoms with van der Waals surface area (Å²) in [5.41, 5.74) is 7.72. The molecule has 2 unspecified atom stereocenters. The van der Waals surface area contributed by atoms with Gasteiger partial charge in [0.2, 0.25) is 0 Å². The topological polar surface area (TPSA) is 49.6 Å². The first-order valence-electron chi connectivity index (χ1n) is 6.81. The molecule has 1 saturated heterocycles. The summed E-state index contributed by atoms with van der Waals surface area (Å²) in [6.07, 6.45) is 0. The van der Waals surface area contributed by atoms with Crippen LogP contribution in [0.25, 0.3) is 0 Å². The van der Waals surface area contributed by atoms with Crippen molar-refractivity contribution in [3.8, 4) is 0 Å². The van der Waals surface area contributed by atoms with Gasteiger partial charge in [-0.15, -0.1) is 0 Å². The zero-order valence-corrected chi connectivity index (χ0v) is 12.0. The van der Waals surface area contributed by atoms with Crippen molar-refractivity contribution >= 4 is 11.5 Å². The van der Waals surface area contributed by atoms with Gasteiger partial charge in [0.25, 0.3) is 0 Å². The van der Waals surface area contributed by atoms with Crippen LogP contribution in [0.4, 0.5) is 5.69 Å². The van der Waals surface area contributed by atoms with Gasteiger partial charge in [-0.25, -0.2) is 0 Å². The van der Waals surface area contributed by atoms with E-state index >= 15 is 0 Å². The Labute approximate surface area is 115 Å². The van der Waals surface area contributed by atoms with Gasteiger partial charge in [-0.1, -0.05) is 12.1 Å². The van der Waals surface area contributed by atoms with E-state index in [0.29, 0.717) is 18.6 Å². The largest absolute Gasteiger partial charge is 0.366 e. The number of nitrogens with two attached hydrogens (primary N) is 1. The van der Waals surface area contributed by atoms with Crippen molar-refractivity contribution in [3.05, 3.63) is 29.8 Å². The molecule has 19 heavy (non-hydrogen) atoms. The van der Waals surface area contributed by atoms with E-state index in [-0.39, 0.29) is 5.78 Å². The Morgan fingerprint density at radius 2 is 2.16 bits per heavy atom. The molecular formula is C15H23N3O. The number of piperazine rings is 1. The lowest BCUT2D eigenvalue weighted by Crippen LogP contribution is -2.58. The number of carbonyl (C=O) groups excluding carboxylic acids is 1. The van der Waals surface area contributed by atoms with Gasteiger partial charge in [0.05, 0.1) is 0 Å². The number of anilines is 1. The summed E-state index contributed by atoms with van der Waals surface area (Å²) in [7, 11) is 2.12. The lowest BCUT2D eigenvalue weighted by molar-refractivity contribution is 0.101. The lowest BCUT2D eigenvalue weighted by atomic mass is 10.0. The van der Waals surface area contributed by atoms with E-state index in [9.17, 15) is 4.79 Å². The number of ketones is 1. The van der Waals surface area contributed by atoms with Crippen LogP contribution >= 0.6 is 0 Å².